The van der Waals surface area contributed by atoms with Crippen LogP contribution in [0.25, 0.3) is 43.8 Å². The molecule has 0 amide bonds. The number of rotatable bonds is 4. The number of aryl methyl sites for hydroxylation is 2. The molecule has 0 aliphatic heterocycles. The standard InChI is InChI=1S/2C17H15.C2H4.2ClH.Ti/c2*1-2-13-11-15-9-6-10-16(17(15)12-13)14-7-4-3-5-8-14;1-2;;;/h2*3-12H,2H2,1H3;1H,2H3;2*1H;/q2*-1;;;;+2/p-2. The summed E-state index contributed by atoms with van der Waals surface area (Å²) in [5.74, 6) is 0. The monoisotopic (exact) mass is 584 g/mol. The van der Waals surface area contributed by atoms with Crippen molar-refractivity contribution < 1.29 is 15.3 Å². The predicted octanol–water partition coefficient (Wildman–Crippen LogP) is 11.3. The molecule has 198 valence electrons. The first kappa shape index (κ1) is 29.3. The summed E-state index contributed by atoms with van der Waals surface area (Å²) in [7, 11) is 10.7. The van der Waals surface area contributed by atoms with Crippen molar-refractivity contribution >= 4 is 44.5 Å². The van der Waals surface area contributed by atoms with Crippen LogP contribution in [0, 0.1) is 0 Å². The van der Waals surface area contributed by atoms with Gasteiger partial charge in [0.1, 0.15) is 0 Å². The van der Waals surface area contributed by atoms with E-state index in [0.29, 0.717) is 0 Å². The minimum absolute atomic E-state index is 1.10. The molecular weight excluding hydrogens is 551 g/mol. The fourth-order valence-corrected chi connectivity index (χ4v) is 4.74. The van der Waals surface area contributed by atoms with Gasteiger partial charge < -0.3 is 0 Å². The van der Waals surface area contributed by atoms with Crippen molar-refractivity contribution in [1.82, 2.24) is 0 Å². The van der Waals surface area contributed by atoms with Crippen LogP contribution in [-0.2, 0) is 28.1 Å². The van der Waals surface area contributed by atoms with Gasteiger partial charge in [-0.2, -0.15) is 12.1 Å². The number of hydrogen-bond donors (Lipinski definition) is 0. The van der Waals surface area contributed by atoms with Crippen molar-refractivity contribution in [1.29, 1.82) is 0 Å². The van der Waals surface area contributed by atoms with Crippen molar-refractivity contribution in [2.75, 3.05) is 0 Å². The fraction of sp³-hybridized carbons (Fsp3) is 0.139. The third-order valence-electron chi connectivity index (χ3n) is 6.83. The van der Waals surface area contributed by atoms with Crippen molar-refractivity contribution in [3.05, 3.63) is 132 Å². The molecule has 0 bridgehead atoms. The topological polar surface area (TPSA) is 0 Å². The van der Waals surface area contributed by atoms with Gasteiger partial charge in [-0.15, -0.1) is 69.1 Å². The third-order valence-corrected chi connectivity index (χ3v) is 9.31. The Morgan fingerprint density at radius 1 is 0.590 bits per heavy atom. The second kappa shape index (κ2) is 14.6. The second-order valence-corrected chi connectivity index (χ2v) is 15.3. The molecule has 0 atom stereocenters. The van der Waals surface area contributed by atoms with E-state index in [1.165, 1.54) is 54.9 Å². The number of hydrogen-bond acceptors (Lipinski definition) is 0. The Morgan fingerprint density at radius 3 is 1.31 bits per heavy atom. The van der Waals surface area contributed by atoms with Gasteiger partial charge in [0.2, 0.25) is 0 Å². The molecular formula is C36H34Cl2Ti-2. The van der Waals surface area contributed by atoms with Crippen LogP contribution in [0.5, 0.6) is 0 Å². The van der Waals surface area contributed by atoms with Crippen molar-refractivity contribution in [2.45, 2.75) is 33.6 Å². The third kappa shape index (κ3) is 7.68. The van der Waals surface area contributed by atoms with Crippen molar-refractivity contribution in [3.8, 4) is 22.3 Å². The van der Waals surface area contributed by atoms with E-state index in [1.54, 1.807) is 0 Å². The van der Waals surface area contributed by atoms with E-state index >= 15 is 0 Å². The first-order chi connectivity index (χ1) is 19.0. The Balaban J connectivity index is 0.000000155. The zero-order valence-corrected chi connectivity index (χ0v) is 25.9. The second-order valence-electron chi connectivity index (χ2n) is 9.36. The van der Waals surface area contributed by atoms with E-state index in [0.717, 1.165) is 12.8 Å². The molecule has 0 spiro atoms. The van der Waals surface area contributed by atoms with Gasteiger partial charge in [-0.3, -0.25) is 0 Å². The van der Waals surface area contributed by atoms with E-state index in [-0.39, 0.29) is 0 Å². The molecule has 0 radical (unpaired) electrons. The minimum atomic E-state index is -1.54. The Hall–Kier alpha value is -2.74. The van der Waals surface area contributed by atoms with Crippen molar-refractivity contribution in [3.63, 3.8) is 0 Å². The molecule has 6 rings (SSSR count). The SMILES string of the molecule is CCc1cc2c(-c3ccccc3)cccc2[cH-]1.CCc1cc2c(-c3ccccc3)cccc2[cH-]1.C[CH]=[Ti]([Cl])[Cl]. The molecule has 0 saturated heterocycles. The molecule has 6 aromatic carbocycles. The van der Waals surface area contributed by atoms with Crippen molar-refractivity contribution in [2.24, 2.45) is 0 Å². The summed E-state index contributed by atoms with van der Waals surface area (Å²) in [6, 6.07) is 43.5. The molecule has 0 nitrogen and oxygen atoms in total. The molecule has 0 unspecified atom stereocenters. The van der Waals surface area contributed by atoms with Gasteiger partial charge in [-0.05, 0) is 24.0 Å². The Morgan fingerprint density at radius 2 is 0.974 bits per heavy atom. The van der Waals surface area contributed by atoms with E-state index in [2.05, 4.69) is 135 Å². The summed E-state index contributed by atoms with van der Waals surface area (Å²) in [4.78, 5) is 0. The Bertz CT molecular complexity index is 1520. The zero-order chi connectivity index (χ0) is 27.6. The van der Waals surface area contributed by atoms with Crippen LogP contribution in [0.15, 0.2) is 121 Å². The van der Waals surface area contributed by atoms with Gasteiger partial charge >= 0.3 is 45.1 Å². The van der Waals surface area contributed by atoms with Crippen LogP contribution >= 0.6 is 18.6 Å². The normalized spacial score (nSPS) is 10.4. The summed E-state index contributed by atoms with van der Waals surface area (Å²) in [5.41, 5.74) is 8.11. The number of fused-ring (bicyclic) bond motifs is 2. The van der Waals surface area contributed by atoms with E-state index in [9.17, 15) is 0 Å². The quantitative estimate of drug-likeness (QED) is 0.143. The van der Waals surface area contributed by atoms with Crippen LogP contribution in [0.2, 0.25) is 0 Å². The molecule has 3 heteroatoms. The summed E-state index contributed by atoms with van der Waals surface area (Å²) < 4.78 is 1.86. The summed E-state index contributed by atoms with van der Waals surface area (Å²) >= 11 is -1.54. The fourth-order valence-electron chi connectivity index (χ4n) is 4.74. The molecule has 39 heavy (non-hydrogen) atoms. The van der Waals surface area contributed by atoms with E-state index < -0.39 is 15.3 Å². The van der Waals surface area contributed by atoms with E-state index in [4.69, 9.17) is 18.6 Å². The van der Waals surface area contributed by atoms with Gasteiger partial charge in [-0.1, -0.05) is 97.8 Å². The average molecular weight is 585 g/mol. The molecule has 0 N–H and O–H groups in total. The summed E-state index contributed by atoms with van der Waals surface area (Å²) in [5, 5.41) is 5.44. The molecule has 0 aliphatic carbocycles. The predicted molar refractivity (Wildman–Crippen MR) is 172 cm³/mol. The van der Waals surface area contributed by atoms with Gasteiger partial charge in [0.05, 0.1) is 0 Å². The maximum atomic E-state index is 5.34. The van der Waals surface area contributed by atoms with Gasteiger partial charge in [0.15, 0.2) is 0 Å². The summed E-state index contributed by atoms with van der Waals surface area (Å²) in [6.45, 7) is 6.29. The molecule has 0 saturated carbocycles. The Labute approximate surface area is 246 Å². The molecule has 6 aromatic rings. The van der Waals surface area contributed by atoms with E-state index in [1.807, 2.05) is 11.2 Å². The maximum absolute atomic E-state index is 5.34. The summed E-state index contributed by atoms with van der Waals surface area (Å²) in [6.07, 6.45) is 2.20. The number of benzene rings is 4. The van der Waals surface area contributed by atoms with Gasteiger partial charge in [0.25, 0.3) is 0 Å². The first-order valence-corrected chi connectivity index (χ1v) is 18.7. The molecule has 0 heterocycles. The van der Waals surface area contributed by atoms with Crippen LogP contribution in [-0.4, -0.2) is 4.31 Å². The van der Waals surface area contributed by atoms with Gasteiger partial charge in [-0.25, -0.2) is 0 Å². The molecule has 0 fully saturated rings. The Kier molecular flexibility index (Phi) is 10.9. The van der Waals surface area contributed by atoms with Crippen LogP contribution in [0.4, 0.5) is 0 Å². The molecule has 0 aromatic heterocycles. The van der Waals surface area contributed by atoms with Crippen LogP contribution < -0.4 is 0 Å². The number of halogens is 2. The zero-order valence-electron chi connectivity index (χ0n) is 22.8. The van der Waals surface area contributed by atoms with Crippen LogP contribution in [0.3, 0.4) is 0 Å². The first-order valence-electron chi connectivity index (χ1n) is 13.5. The average Bonchev–Trinajstić information content (AvgIpc) is 3.62. The van der Waals surface area contributed by atoms with Gasteiger partial charge in [0, 0.05) is 0 Å². The molecule has 0 aliphatic rings. The van der Waals surface area contributed by atoms with Crippen LogP contribution in [0.1, 0.15) is 31.9 Å².